The molecule has 17 heavy (non-hydrogen) atoms. The van der Waals surface area contributed by atoms with Crippen molar-refractivity contribution in [2.24, 2.45) is 5.41 Å². The maximum Gasteiger partial charge on any atom is 0.143 e. The Bertz CT molecular complexity index is 401. The van der Waals surface area contributed by atoms with E-state index in [1.54, 1.807) is 7.11 Å². The number of benzene rings is 1. The highest BCUT2D eigenvalue weighted by molar-refractivity contribution is 5.62. The number of nitrogens with zero attached hydrogens (tertiary/aromatic N) is 1. The molecule has 1 aliphatic heterocycles. The van der Waals surface area contributed by atoms with E-state index in [0.717, 1.165) is 18.8 Å². The van der Waals surface area contributed by atoms with Crippen molar-refractivity contribution in [3.8, 4) is 5.75 Å². The Balaban J connectivity index is 2.22. The summed E-state index contributed by atoms with van der Waals surface area (Å²) in [6.07, 6.45) is 2.55. The van der Waals surface area contributed by atoms with Crippen molar-refractivity contribution in [3.05, 3.63) is 18.2 Å². The van der Waals surface area contributed by atoms with Crippen molar-refractivity contribution >= 4 is 11.4 Å². The van der Waals surface area contributed by atoms with Gasteiger partial charge in [0.05, 0.1) is 12.8 Å². The van der Waals surface area contributed by atoms with Crippen LogP contribution < -0.4 is 15.4 Å². The van der Waals surface area contributed by atoms with Crippen LogP contribution in [0.2, 0.25) is 0 Å². The van der Waals surface area contributed by atoms with Crippen LogP contribution in [0.4, 0.5) is 11.4 Å². The summed E-state index contributed by atoms with van der Waals surface area (Å²) in [4.78, 5) is 2.42. The molecule has 1 fully saturated rings. The molecule has 0 atom stereocenters. The van der Waals surface area contributed by atoms with Gasteiger partial charge < -0.3 is 15.4 Å². The minimum atomic E-state index is 0.396. The van der Waals surface area contributed by atoms with E-state index in [4.69, 9.17) is 10.5 Å². The highest BCUT2D eigenvalue weighted by atomic mass is 16.5. The molecular formula is C14H22N2O. The van der Waals surface area contributed by atoms with E-state index in [9.17, 15) is 0 Å². The molecule has 0 aromatic heterocycles. The lowest BCUT2D eigenvalue weighted by molar-refractivity contribution is 0.293. The third kappa shape index (κ3) is 2.65. The Hall–Kier alpha value is -1.38. The van der Waals surface area contributed by atoms with E-state index in [1.165, 1.54) is 18.5 Å². The lowest BCUT2D eigenvalue weighted by Gasteiger charge is -2.39. The molecule has 94 valence electrons. The molecule has 1 aromatic carbocycles. The lowest BCUT2D eigenvalue weighted by atomic mass is 9.84. The van der Waals surface area contributed by atoms with Crippen molar-refractivity contribution in [1.29, 1.82) is 0 Å². The number of hydrogen-bond donors (Lipinski definition) is 1. The van der Waals surface area contributed by atoms with Crippen LogP contribution in [-0.4, -0.2) is 20.2 Å². The van der Waals surface area contributed by atoms with Crippen LogP contribution in [0.25, 0.3) is 0 Å². The number of nitrogens with two attached hydrogens (primary N) is 1. The second-order valence-corrected chi connectivity index (χ2v) is 5.62. The molecule has 0 bridgehead atoms. The summed E-state index contributed by atoms with van der Waals surface area (Å²) >= 11 is 0. The zero-order chi connectivity index (χ0) is 12.5. The summed E-state index contributed by atoms with van der Waals surface area (Å²) in [6.45, 7) is 6.87. The van der Waals surface area contributed by atoms with Crippen molar-refractivity contribution in [1.82, 2.24) is 0 Å². The molecule has 3 nitrogen and oxygen atoms in total. The first-order valence-corrected chi connectivity index (χ1v) is 6.20. The summed E-state index contributed by atoms with van der Waals surface area (Å²) < 4.78 is 5.28. The fourth-order valence-electron chi connectivity index (χ4n) is 2.54. The predicted octanol–water partition coefficient (Wildman–Crippen LogP) is 2.90. The Labute approximate surface area is 104 Å². The van der Waals surface area contributed by atoms with Crippen LogP contribution in [0.1, 0.15) is 26.7 Å². The third-order valence-electron chi connectivity index (χ3n) is 3.48. The Kier molecular flexibility index (Phi) is 3.18. The zero-order valence-corrected chi connectivity index (χ0v) is 11.0. The molecule has 0 spiro atoms. The highest BCUT2D eigenvalue weighted by Crippen LogP contribution is 2.34. The maximum atomic E-state index is 5.84. The molecule has 0 aliphatic carbocycles. The van der Waals surface area contributed by atoms with Gasteiger partial charge in [0.2, 0.25) is 0 Å². The van der Waals surface area contributed by atoms with Gasteiger partial charge in [0, 0.05) is 24.8 Å². The number of piperidine rings is 1. The molecule has 3 heteroatoms. The van der Waals surface area contributed by atoms with Crippen LogP contribution in [0, 0.1) is 5.41 Å². The van der Waals surface area contributed by atoms with Gasteiger partial charge in [0.1, 0.15) is 5.75 Å². The Morgan fingerprint density at radius 1 is 1.35 bits per heavy atom. The van der Waals surface area contributed by atoms with Crippen LogP contribution in [0.15, 0.2) is 18.2 Å². The number of hydrogen-bond acceptors (Lipinski definition) is 3. The number of anilines is 2. The minimum Gasteiger partial charge on any atom is -0.495 e. The smallest absolute Gasteiger partial charge is 0.143 e. The summed E-state index contributed by atoms with van der Waals surface area (Å²) in [5.74, 6) is 0.769. The van der Waals surface area contributed by atoms with Crippen molar-refractivity contribution in [2.75, 3.05) is 30.8 Å². The van der Waals surface area contributed by atoms with E-state index >= 15 is 0 Å². The van der Waals surface area contributed by atoms with Gasteiger partial charge in [-0.05, 0) is 30.4 Å². The fourth-order valence-corrected chi connectivity index (χ4v) is 2.54. The van der Waals surface area contributed by atoms with Gasteiger partial charge in [-0.25, -0.2) is 0 Å². The van der Waals surface area contributed by atoms with Gasteiger partial charge >= 0.3 is 0 Å². The SMILES string of the molecule is COc1cc(N2CCCC(C)(C)C2)ccc1N. The first-order chi connectivity index (χ1) is 8.02. The largest absolute Gasteiger partial charge is 0.495 e. The van der Waals surface area contributed by atoms with E-state index in [-0.39, 0.29) is 0 Å². The summed E-state index contributed by atoms with van der Waals surface area (Å²) in [5, 5.41) is 0. The first-order valence-electron chi connectivity index (χ1n) is 6.20. The minimum absolute atomic E-state index is 0.396. The van der Waals surface area contributed by atoms with Gasteiger partial charge in [0.25, 0.3) is 0 Å². The zero-order valence-electron chi connectivity index (χ0n) is 11.0. The van der Waals surface area contributed by atoms with Crippen molar-refractivity contribution in [3.63, 3.8) is 0 Å². The Morgan fingerprint density at radius 3 is 2.76 bits per heavy atom. The molecule has 0 amide bonds. The Morgan fingerprint density at radius 2 is 2.12 bits per heavy atom. The standard InChI is InChI=1S/C14H22N2O/c1-14(2)7-4-8-16(10-14)11-5-6-12(15)13(9-11)17-3/h5-6,9H,4,7-8,10,15H2,1-3H3. The van der Waals surface area contributed by atoms with Crippen LogP contribution in [-0.2, 0) is 0 Å². The van der Waals surface area contributed by atoms with Gasteiger partial charge in [-0.2, -0.15) is 0 Å². The molecule has 0 unspecified atom stereocenters. The quantitative estimate of drug-likeness (QED) is 0.800. The number of methoxy groups -OCH3 is 1. The normalized spacial score (nSPS) is 19.1. The van der Waals surface area contributed by atoms with E-state index < -0.39 is 0 Å². The molecular weight excluding hydrogens is 212 g/mol. The number of ether oxygens (including phenoxy) is 1. The molecule has 2 rings (SSSR count). The molecule has 1 heterocycles. The first kappa shape index (κ1) is 12.1. The second-order valence-electron chi connectivity index (χ2n) is 5.62. The monoisotopic (exact) mass is 234 g/mol. The van der Waals surface area contributed by atoms with Gasteiger partial charge in [-0.1, -0.05) is 13.8 Å². The molecule has 0 radical (unpaired) electrons. The fraction of sp³-hybridized carbons (Fsp3) is 0.571. The molecule has 1 saturated heterocycles. The highest BCUT2D eigenvalue weighted by Gasteiger charge is 2.26. The molecule has 1 aliphatic rings. The van der Waals surface area contributed by atoms with Gasteiger partial charge in [0.15, 0.2) is 0 Å². The summed E-state index contributed by atoms with van der Waals surface area (Å²) in [6, 6.07) is 6.05. The average Bonchev–Trinajstić information content (AvgIpc) is 2.28. The van der Waals surface area contributed by atoms with E-state index in [2.05, 4.69) is 24.8 Å². The molecule has 1 aromatic rings. The van der Waals surface area contributed by atoms with Crippen LogP contribution >= 0.6 is 0 Å². The lowest BCUT2D eigenvalue weighted by Crippen LogP contribution is -2.40. The van der Waals surface area contributed by atoms with Crippen LogP contribution in [0.5, 0.6) is 5.75 Å². The van der Waals surface area contributed by atoms with E-state index in [1.807, 2.05) is 12.1 Å². The summed E-state index contributed by atoms with van der Waals surface area (Å²) in [5.41, 5.74) is 8.15. The van der Waals surface area contributed by atoms with E-state index in [0.29, 0.717) is 11.1 Å². The summed E-state index contributed by atoms with van der Waals surface area (Å²) in [7, 11) is 1.66. The van der Waals surface area contributed by atoms with Crippen molar-refractivity contribution in [2.45, 2.75) is 26.7 Å². The third-order valence-corrected chi connectivity index (χ3v) is 3.48. The van der Waals surface area contributed by atoms with Gasteiger partial charge in [-0.15, -0.1) is 0 Å². The number of nitrogen functional groups attached to an aromatic ring is 1. The maximum absolute atomic E-state index is 5.84. The topological polar surface area (TPSA) is 38.5 Å². The number of rotatable bonds is 2. The molecule has 0 saturated carbocycles. The molecule has 2 N–H and O–H groups in total. The second kappa shape index (κ2) is 4.47. The van der Waals surface area contributed by atoms with Crippen molar-refractivity contribution < 1.29 is 4.74 Å². The predicted molar refractivity (Wildman–Crippen MR) is 72.6 cm³/mol. The van der Waals surface area contributed by atoms with Crippen LogP contribution in [0.3, 0.4) is 0 Å². The van der Waals surface area contributed by atoms with Gasteiger partial charge in [-0.3, -0.25) is 0 Å². The average molecular weight is 234 g/mol.